The number of hydrogen-bond acceptors (Lipinski definition) is 1. The summed E-state index contributed by atoms with van der Waals surface area (Å²) in [6.07, 6.45) is 7.78. The van der Waals surface area contributed by atoms with Crippen LogP contribution in [0.5, 0.6) is 0 Å². The number of rotatable bonds is 3. The quantitative estimate of drug-likeness (QED) is 0.708. The third-order valence-corrected chi connectivity index (χ3v) is 2.68. The molecule has 1 aliphatic rings. The molecule has 75 valence electrons. The van der Waals surface area contributed by atoms with Crippen molar-refractivity contribution in [2.75, 3.05) is 0 Å². The van der Waals surface area contributed by atoms with Gasteiger partial charge in [0.2, 0.25) is 0 Å². The molecule has 1 radical (unpaired) electrons. The number of ether oxygens (including phenoxy) is 1. The van der Waals surface area contributed by atoms with Gasteiger partial charge in [-0.05, 0) is 24.8 Å². The summed E-state index contributed by atoms with van der Waals surface area (Å²) in [4.78, 5) is 0. The molecular weight excluding hydrogens is 172 g/mol. The van der Waals surface area contributed by atoms with Crippen molar-refractivity contribution in [2.45, 2.75) is 38.4 Å². The van der Waals surface area contributed by atoms with E-state index in [2.05, 4.69) is 30.7 Å². The molecule has 1 atom stereocenters. The first-order chi connectivity index (χ1) is 6.95. The van der Waals surface area contributed by atoms with Crippen molar-refractivity contribution >= 4 is 0 Å². The molecule has 0 spiro atoms. The fourth-order valence-corrected chi connectivity index (χ4v) is 1.84. The molecule has 1 aromatic rings. The Bertz CT molecular complexity index is 249. The maximum atomic E-state index is 5.81. The lowest BCUT2D eigenvalue weighted by Crippen LogP contribution is -2.16. The topological polar surface area (TPSA) is 9.23 Å². The Morgan fingerprint density at radius 1 is 1.14 bits per heavy atom. The summed E-state index contributed by atoms with van der Waals surface area (Å²) in [6.45, 7) is 0.752. The average molecular weight is 189 g/mol. The molecule has 1 aromatic carbocycles. The third kappa shape index (κ3) is 2.85. The molecule has 1 aliphatic carbocycles. The first-order valence-corrected chi connectivity index (χ1v) is 5.44. The van der Waals surface area contributed by atoms with Crippen LogP contribution in [-0.4, -0.2) is 6.10 Å². The first-order valence-electron chi connectivity index (χ1n) is 5.44. The van der Waals surface area contributed by atoms with Crippen molar-refractivity contribution in [1.82, 2.24) is 0 Å². The molecule has 0 amide bonds. The molecule has 0 N–H and O–H groups in total. The second-order valence-electron chi connectivity index (χ2n) is 3.86. The van der Waals surface area contributed by atoms with Gasteiger partial charge in [-0.2, -0.15) is 0 Å². The summed E-state index contributed by atoms with van der Waals surface area (Å²) in [5, 5.41) is 0. The highest BCUT2D eigenvalue weighted by molar-refractivity contribution is 5.13. The summed E-state index contributed by atoms with van der Waals surface area (Å²) < 4.78 is 5.81. The zero-order valence-corrected chi connectivity index (χ0v) is 8.49. The van der Waals surface area contributed by atoms with Crippen molar-refractivity contribution in [3.63, 3.8) is 0 Å². The zero-order valence-electron chi connectivity index (χ0n) is 8.49. The van der Waals surface area contributed by atoms with Crippen molar-refractivity contribution in [2.24, 2.45) is 0 Å². The predicted molar refractivity (Wildman–Crippen MR) is 57.8 cm³/mol. The standard InChI is InChI=1S/C13H17O/c1-3-7-12(8-4-1)11-14-13-9-5-2-6-10-13/h1,3-4,7-9,13H,2,5-6,10-11H2/t13-/m0/s1. The zero-order chi connectivity index (χ0) is 9.64. The van der Waals surface area contributed by atoms with Gasteiger partial charge in [0.1, 0.15) is 0 Å². The van der Waals surface area contributed by atoms with Gasteiger partial charge in [-0.1, -0.05) is 43.2 Å². The van der Waals surface area contributed by atoms with Crippen molar-refractivity contribution < 1.29 is 4.74 Å². The van der Waals surface area contributed by atoms with Crippen molar-refractivity contribution in [1.29, 1.82) is 0 Å². The van der Waals surface area contributed by atoms with Gasteiger partial charge in [-0.25, -0.2) is 0 Å². The highest BCUT2D eigenvalue weighted by Gasteiger charge is 2.13. The SMILES string of the molecule is [CH]1CCCC[C@H]1OCc1ccccc1. The fourth-order valence-electron chi connectivity index (χ4n) is 1.84. The van der Waals surface area contributed by atoms with Crippen LogP contribution >= 0.6 is 0 Å². The Hall–Kier alpha value is -0.820. The summed E-state index contributed by atoms with van der Waals surface area (Å²) in [7, 11) is 0. The van der Waals surface area contributed by atoms with Gasteiger partial charge in [-0.15, -0.1) is 0 Å². The summed E-state index contributed by atoms with van der Waals surface area (Å²) in [5.74, 6) is 0. The summed E-state index contributed by atoms with van der Waals surface area (Å²) in [6, 6.07) is 10.4. The van der Waals surface area contributed by atoms with Crippen LogP contribution in [0.3, 0.4) is 0 Å². The van der Waals surface area contributed by atoms with E-state index < -0.39 is 0 Å². The van der Waals surface area contributed by atoms with Crippen LogP contribution in [0, 0.1) is 6.42 Å². The lowest BCUT2D eigenvalue weighted by molar-refractivity contribution is 0.0453. The Morgan fingerprint density at radius 3 is 2.71 bits per heavy atom. The van der Waals surface area contributed by atoms with E-state index in [1.165, 1.54) is 31.2 Å². The molecule has 0 unspecified atom stereocenters. The Morgan fingerprint density at radius 2 is 2.00 bits per heavy atom. The van der Waals surface area contributed by atoms with E-state index >= 15 is 0 Å². The fraction of sp³-hybridized carbons (Fsp3) is 0.462. The molecule has 14 heavy (non-hydrogen) atoms. The predicted octanol–water partition coefficient (Wildman–Crippen LogP) is 3.35. The molecule has 0 aromatic heterocycles. The van der Waals surface area contributed by atoms with Crippen LogP contribution in [0.1, 0.15) is 31.2 Å². The molecule has 2 rings (SSSR count). The van der Waals surface area contributed by atoms with Crippen LogP contribution in [0.15, 0.2) is 30.3 Å². The monoisotopic (exact) mass is 189 g/mol. The second kappa shape index (κ2) is 5.16. The Balaban J connectivity index is 1.76. The summed E-state index contributed by atoms with van der Waals surface area (Å²) in [5.41, 5.74) is 1.27. The minimum Gasteiger partial charge on any atom is -0.373 e. The lowest BCUT2D eigenvalue weighted by atomic mass is 9.98. The second-order valence-corrected chi connectivity index (χ2v) is 3.86. The van der Waals surface area contributed by atoms with Gasteiger partial charge in [-0.3, -0.25) is 0 Å². The Labute approximate surface area is 86.1 Å². The smallest absolute Gasteiger partial charge is 0.0720 e. The molecule has 1 heteroatoms. The third-order valence-electron chi connectivity index (χ3n) is 2.68. The van der Waals surface area contributed by atoms with Crippen LogP contribution < -0.4 is 0 Å². The van der Waals surface area contributed by atoms with Crippen LogP contribution in [0.2, 0.25) is 0 Å². The van der Waals surface area contributed by atoms with E-state index in [1.807, 2.05) is 6.07 Å². The highest BCUT2D eigenvalue weighted by Crippen LogP contribution is 2.20. The molecule has 1 saturated carbocycles. The van der Waals surface area contributed by atoms with Gasteiger partial charge in [0.25, 0.3) is 0 Å². The van der Waals surface area contributed by atoms with Gasteiger partial charge >= 0.3 is 0 Å². The van der Waals surface area contributed by atoms with E-state index in [9.17, 15) is 0 Å². The van der Waals surface area contributed by atoms with Crippen LogP contribution in [0.25, 0.3) is 0 Å². The molecule has 1 nitrogen and oxygen atoms in total. The number of benzene rings is 1. The Kier molecular flexibility index (Phi) is 3.58. The molecular formula is C13H17O. The van der Waals surface area contributed by atoms with E-state index in [-0.39, 0.29) is 0 Å². The van der Waals surface area contributed by atoms with Crippen molar-refractivity contribution in [3.8, 4) is 0 Å². The van der Waals surface area contributed by atoms with Crippen LogP contribution in [-0.2, 0) is 11.3 Å². The maximum absolute atomic E-state index is 5.81. The van der Waals surface area contributed by atoms with Gasteiger partial charge in [0, 0.05) is 0 Å². The minimum atomic E-state index is 0.393. The minimum absolute atomic E-state index is 0.393. The van der Waals surface area contributed by atoms with E-state index in [0.29, 0.717) is 6.10 Å². The van der Waals surface area contributed by atoms with E-state index in [4.69, 9.17) is 4.74 Å². The summed E-state index contributed by atoms with van der Waals surface area (Å²) >= 11 is 0. The molecule has 0 aliphatic heterocycles. The lowest BCUT2D eigenvalue weighted by Gasteiger charge is -2.21. The van der Waals surface area contributed by atoms with E-state index in [0.717, 1.165) is 6.61 Å². The average Bonchev–Trinajstić information content (AvgIpc) is 2.29. The first kappa shape index (κ1) is 9.72. The van der Waals surface area contributed by atoms with Gasteiger partial charge in [0.15, 0.2) is 0 Å². The molecule has 1 fully saturated rings. The molecule has 0 saturated heterocycles. The highest BCUT2D eigenvalue weighted by atomic mass is 16.5. The molecule has 0 bridgehead atoms. The molecule has 0 heterocycles. The van der Waals surface area contributed by atoms with Crippen molar-refractivity contribution in [3.05, 3.63) is 42.3 Å². The van der Waals surface area contributed by atoms with Gasteiger partial charge in [0.05, 0.1) is 12.7 Å². The normalized spacial score (nSPS) is 18.3. The van der Waals surface area contributed by atoms with E-state index in [1.54, 1.807) is 0 Å². The number of hydrogen-bond donors (Lipinski definition) is 0. The van der Waals surface area contributed by atoms with Crippen LogP contribution in [0.4, 0.5) is 0 Å². The maximum Gasteiger partial charge on any atom is 0.0720 e. The largest absolute Gasteiger partial charge is 0.373 e. The van der Waals surface area contributed by atoms with Gasteiger partial charge < -0.3 is 4.74 Å².